The largest absolute Gasteiger partial charge is 0.383 e. The van der Waals surface area contributed by atoms with E-state index in [4.69, 9.17) is 10.6 Å². The number of aryl methyl sites for hydroxylation is 1. The van der Waals surface area contributed by atoms with Crippen LogP contribution in [0.3, 0.4) is 0 Å². The molecule has 0 radical (unpaired) electrons. The van der Waals surface area contributed by atoms with Crippen molar-refractivity contribution in [3.63, 3.8) is 0 Å². The number of hydrogen-bond donors (Lipinski definition) is 2. The van der Waals surface area contributed by atoms with Gasteiger partial charge in [0.05, 0.1) is 6.61 Å². The molecule has 0 saturated carbocycles. The van der Waals surface area contributed by atoms with E-state index in [1.807, 2.05) is 30.3 Å². The number of nitrogens with zero attached hydrogens (tertiary/aromatic N) is 1. The number of aliphatic hydroxyl groups excluding tert-OH is 1. The van der Waals surface area contributed by atoms with Gasteiger partial charge < -0.3 is 10.8 Å². The van der Waals surface area contributed by atoms with Gasteiger partial charge in [-0.2, -0.15) is 0 Å². The number of aliphatic hydroxyl groups is 1. The first-order valence-electron chi connectivity index (χ1n) is 6.57. The lowest BCUT2D eigenvalue weighted by Gasteiger charge is -2.22. The molecule has 1 aliphatic rings. The molecule has 1 aromatic rings. The maximum atomic E-state index is 12.0. The zero-order chi connectivity index (χ0) is 14.5. The molecule has 0 aliphatic carbocycles. The summed E-state index contributed by atoms with van der Waals surface area (Å²) in [4.78, 5) is 28.3. The van der Waals surface area contributed by atoms with E-state index < -0.39 is 24.0 Å². The quantitative estimate of drug-likeness (QED) is 0.792. The molecule has 0 bridgehead atoms. The molecule has 2 amide bonds. The summed E-state index contributed by atoms with van der Waals surface area (Å²) in [6.45, 7) is 0.255. The third-order valence-electron chi connectivity index (χ3n) is 3.28. The van der Waals surface area contributed by atoms with E-state index in [2.05, 4.69) is 0 Å². The standard InChI is InChI=1S/C14H18N2O4/c15-13(18)11-8-9-20-16(11)14(19)12(17)7-6-10-4-2-1-3-5-10/h1-5,11-12,17H,6-9H2,(H2,15,18)/t11?,12-/m1/s1. The average molecular weight is 278 g/mol. The van der Waals surface area contributed by atoms with Crippen LogP contribution in [-0.4, -0.2) is 40.7 Å². The van der Waals surface area contributed by atoms with Crippen LogP contribution in [0, 0.1) is 0 Å². The maximum Gasteiger partial charge on any atom is 0.275 e. The van der Waals surface area contributed by atoms with E-state index in [1.165, 1.54) is 0 Å². The molecule has 0 spiro atoms. The average Bonchev–Trinajstić information content (AvgIpc) is 2.94. The number of carbonyl (C=O) groups excluding carboxylic acids is 2. The summed E-state index contributed by atoms with van der Waals surface area (Å²) in [5.74, 6) is -1.23. The van der Waals surface area contributed by atoms with E-state index in [0.29, 0.717) is 12.8 Å². The number of carbonyl (C=O) groups is 2. The van der Waals surface area contributed by atoms with Gasteiger partial charge >= 0.3 is 0 Å². The van der Waals surface area contributed by atoms with Crippen LogP contribution in [0.1, 0.15) is 18.4 Å². The molecule has 2 rings (SSSR count). The highest BCUT2D eigenvalue weighted by Crippen LogP contribution is 2.17. The first kappa shape index (κ1) is 14.5. The minimum absolute atomic E-state index is 0.255. The van der Waals surface area contributed by atoms with Crippen molar-refractivity contribution in [1.29, 1.82) is 0 Å². The molecule has 6 heteroatoms. The van der Waals surface area contributed by atoms with E-state index in [0.717, 1.165) is 10.6 Å². The van der Waals surface area contributed by atoms with E-state index in [9.17, 15) is 14.7 Å². The van der Waals surface area contributed by atoms with Gasteiger partial charge in [0.2, 0.25) is 5.91 Å². The fraction of sp³-hybridized carbons (Fsp3) is 0.429. The number of hydroxylamine groups is 2. The molecule has 0 aromatic heterocycles. The van der Waals surface area contributed by atoms with E-state index in [1.54, 1.807) is 0 Å². The fourth-order valence-corrected chi connectivity index (χ4v) is 2.16. The van der Waals surface area contributed by atoms with Crippen LogP contribution in [0.25, 0.3) is 0 Å². The van der Waals surface area contributed by atoms with Crippen LogP contribution in [0.5, 0.6) is 0 Å². The molecule has 1 saturated heterocycles. The Labute approximate surface area is 117 Å². The first-order chi connectivity index (χ1) is 9.59. The molecule has 20 heavy (non-hydrogen) atoms. The van der Waals surface area contributed by atoms with Gasteiger partial charge in [-0.3, -0.25) is 14.4 Å². The summed E-state index contributed by atoms with van der Waals surface area (Å²) in [6, 6.07) is 8.77. The van der Waals surface area contributed by atoms with Crippen LogP contribution in [-0.2, 0) is 20.8 Å². The number of benzene rings is 1. The van der Waals surface area contributed by atoms with Crippen LogP contribution in [0.15, 0.2) is 30.3 Å². The minimum Gasteiger partial charge on any atom is -0.383 e. The maximum absolute atomic E-state index is 12.0. The molecule has 1 aromatic carbocycles. The highest BCUT2D eigenvalue weighted by atomic mass is 16.7. The third-order valence-corrected chi connectivity index (χ3v) is 3.28. The van der Waals surface area contributed by atoms with Crippen molar-refractivity contribution >= 4 is 11.8 Å². The molecule has 2 atom stereocenters. The summed E-state index contributed by atoms with van der Waals surface area (Å²) in [5.41, 5.74) is 6.23. The molecule has 6 nitrogen and oxygen atoms in total. The summed E-state index contributed by atoms with van der Waals surface area (Å²) in [7, 11) is 0. The summed E-state index contributed by atoms with van der Waals surface area (Å²) >= 11 is 0. The van der Waals surface area contributed by atoms with Gasteiger partial charge in [0.15, 0.2) is 0 Å². The molecular formula is C14H18N2O4. The Bertz CT molecular complexity index is 477. The second-order valence-electron chi connectivity index (χ2n) is 4.74. The Morgan fingerprint density at radius 3 is 2.75 bits per heavy atom. The zero-order valence-electron chi connectivity index (χ0n) is 11.1. The SMILES string of the molecule is NC(=O)C1CCON1C(=O)[C@H](O)CCc1ccccc1. The van der Waals surface area contributed by atoms with Crippen molar-refractivity contribution < 1.29 is 19.5 Å². The Morgan fingerprint density at radius 1 is 1.40 bits per heavy atom. The summed E-state index contributed by atoms with van der Waals surface area (Å²) < 4.78 is 0. The molecule has 1 heterocycles. The second kappa shape index (κ2) is 6.49. The topological polar surface area (TPSA) is 92.9 Å². The van der Waals surface area contributed by atoms with Crippen molar-refractivity contribution in [2.75, 3.05) is 6.61 Å². The third kappa shape index (κ3) is 3.34. The van der Waals surface area contributed by atoms with Crippen LogP contribution in [0.4, 0.5) is 0 Å². The van der Waals surface area contributed by atoms with Crippen LogP contribution >= 0.6 is 0 Å². The minimum atomic E-state index is -1.20. The number of primary amides is 1. The second-order valence-corrected chi connectivity index (χ2v) is 4.74. The van der Waals surface area contributed by atoms with Gasteiger partial charge in [0.1, 0.15) is 12.1 Å². The molecule has 1 aliphatic heterocycles. The summed E-state index contributed by atoms with van der Waals surface area (Å²) in [5, 5.41) is 10.8. The fourth-order valence-electron chi connectivity index (χ4n) is 2.16. The van der Waals surface area contributed by atoms with Gasteiger partial charge in [-0.25, -0.2) is 5.06 Å². The number of nitrogens with two attached hydrogens (primary N) is 1. The lowest BCUT2D eigenvalue weighted by atomic mass is 10.1. The highest BCUT2D eigenvalue weighted by Gasteiger charge is 2.37. The molecule has 1 unspecified atom stereocenters. The predicted molar refractivity (Wildman–Crippen MR) is 71.2 cm³/mol. The zero-order valence-corrected chi connectivity index (χ0v) is 11.1. The van der Waals surface area contributed by atoms with Gasteiger partial charge in [0, 0.05) is 6.42 Å². The van der Waals surface area contributed by atoms with E-state index >= 15 is 0 Å². The first-order valence-corrected chi connectivity index (χ1v) is 6.57. The van der Waals surface area contributed by atoms with Crippen molar-refractivity contribution in [1.82, 2.24) is 5.06 Å². The molecule has 3 N–H and O–H groups in total. The van der Waals surface area contributed by atoms with Crippen molar-refractivity contribution in [3.05, 3.63) is 35.9 Å². The Balaban J connectivity index is 1.90. The number of rotatable bonds is 5. The van der Waals surface area contributed by atoms with Crippen LogP contribution in [0.2, 0.25) is 0 Å². The van der Waals surface area contributed by atoms with E-state index in [-0.39, 0.29) is 13.0 Å². The lowest BCUT2D eigenvalue weighted by Crippen LogP contribution is -2.47. The van der Waals surface area contributed by atoms with Crippen molar-refractivity contribution in [2.45, 2.75) is 31.4 Å². The van der Waals surface area contributed by atoms with Gasteiger partial charge in [-0.1, -0.05) is 30.3 Å². The van der Waals surface area contributed by atoms with Gasteiger partial charge in [-0.05, 0) is 18.4 Å². The molecule has 108 valence electrons. The predicted octanol–water partition coefficient (Wildman–Crippen LogP) is -0.00210. The van der Waals surface area contributed by atoms with Gasteiger partial charge in [-0.15, -0.1) is 0 Å². The Morgan fingerprint density at radius 2 is 2.10 bits per heavy atom. The smallest absolute Gasteiger partial charge is 0.275 e. The molecule has 1 fully saturated rings. The molecular weight excluding hydrogens is 260 g/mol. The lowest BCUT2D eigenvalue weighted by molar-refractivity contribution is -0.187. The summed E-state index contributed by atoms with van der Waals surface area (Å²) in [6.07, 6.45) is 0.0129. The monoisotopic (exact) mass is 278 g/mol. The highest BCUT2D eigenvalue weighted by molar-refractivity contribution is 5.88. The van der Waals surface area contributed by atoms with Gasteiger partial charge in [0.25, 0.3) is 5.91 Å². The Hall–Kier alpha value is -1.92. The van der Waals surface area contributed by atoms with Crippen LogP contribution < -0.4 is 5.73 Å². The normalized spacial score (nSPS) is 19.9. The van der Waals surface area contributed by atoms with Crippen molar-refractivity contribution in [3.8, 4) is 0 Å². The Kier molecular flexibility index (Phi) is 4.70. The number of hydrogen-bond acceptors (Lipinski definition) is 4. The van der Waals surface area contributed by atoms with Crippen molar-refractivity contribution in [2.24, 2.45) is 5.73 Å². The number of amides is 2.